The third-order valence-electron chi connectivity index (χ3n) is 5.25. The SMILES string of the molecule is Cc1ccc2c(=O)cc(C(=O)N(Cc3cccc(Cl)c3)[C@@H]3CCS(=O)(=O)C3)oc2c1. The average molecular weight is 446 g/mol. The summed E-state index contributed by atoms with van der Waals surface area (Å²) < 4.78 is 29.9. The number of hydrogen-bond donors (Lipinski definition) is 0. The third kappa shape index (κ3) is 4.27. The molecule has 0 radical (unpaired) electrons. The first-order valence-corrected chi connectivity index (χ1v) is 11.7. The summed E-state index contributed by atoms with van der Waals surface area (Å²) >= 11 is 6.07. The lowest BCUT2D eigenvalue weighted by Crippen LogP contribution is -2.40. The molecule has 8 heteroatoms. The summed E-state index contributed by atoms with van der Waals surface area (Å²) in [5.74, 6) is -0.712. The zero-order valence-corrected chi connectivity index (χ0v) is 17.9. The van der Waals surface area contributed by atoms with Gasteiger partial charge in [0.2, 0.25) is 0 Å². The van der Waals surface area contributed by atoms with Crippen LogP contribution in [-0.4, -0.2) is 36.8 Å². The summed E-state index contributed by atoms with van der Waals surface area (Å²) in [7, 11) is -3.22. The van der Waals surface area contributed by atoms with Crippen LogP contribution in [0, 0.1) is 6.92 Å². The number of benzene rings is 2. The fourth-order valence-electron chi connectivity index (χ4n) is 3.73. The molecule has 1 aromatic heterocycles. The molecule has 30 heavy (non-hydrogen) atoms. The molecule has 0 spiro atoms. The first kappa shape index (κ1) is 20.6. The van der Waals surface area contributed by atoms with Crippen molar-refractivity contribution in [2.45, 2.75) is 25.9 Å². The van der Waals surface area contributed by atoms with Gasteiger partial charge in [-0.05, 0) is 48.7 Å². The van der Waals surface area contributed by atoms with Crippen molar-refractivity contribution < 1.29 is 17.6 Å². The Morgan fingerprint density at radius 1 is 1.20 bits per heavy atom. The number of fused-ring (bicyclic) bond motifs is 1. The van der Waals surface area contributed by atoms with Crippen molar-refractivity contribution >= 4 is 38.3 Å². The topological polar surface area (TPSA) is 84.7 Å². The monoisotopic (exact) mass is 445 g/mol. The van der Waals surface area contributed by atoms with Crippen LogP contribution in [0.1, 0.15) is 28.1 Å². The largest absolute Gasteiger partial charge is 0.451 e. The minimum atomic E-state index is -3.22. The van der Waals surface area contributed by atoms with Gasteiger partial charge in [-0.1, -0.05) is 29.8 Å². The maximum Gasteiger partial charge on any atom is 0.290 e. The second-order valence-electron chi connectivity index (χ2n) is 7.59. The van der Waals surface area contributed by atoms with E-state index in [1.54, 1.807) is 36.4 Å². The summed E-state index contributed by atoms with van der Waals surface area (Å²) in [5.41, 5.74) is 1.67. The summed E-state index contributed by atoms with van der Waals surface area (Å²) in [6.45, 7) is 2.03. The van der Waals surface area contributed by atoms with E-state index in [0.717, 1.165) is 11.1 Å². The summed E-state index contributed by atoms with van der Waals surface area (Å²) in [6.07, 6.45) is 0.339. The normalized spacial score (nSPS) is 17.9. The predicted octanol–water partition coefficient (Wildman–Crippen LogP) is 3.58. The number of aryl methyl sites for hydroxylation is 1. The van der Waals surface area contributed by atoms with Crippen LogP contribution in [0.25, 0.3) is 11.0 Å². The minimum Gasteiger partial charge on any atom is -0.451 e. The second kappa shape index (κ2) is 7.89. The quantitative estimate of drug-likeness (QED) is 0.612. The number of halogens is 1. The molecule has 1 saturated heterocycles. The van der Waals surface area contributed by atoms with E-state index in [9.17, 15) is 18.0 Å². The Kier molecular flexibility index (Phi) is 5.42. The van der Waals surface area contributed by atoms with Gasteiger partial charge in [-0.15, -0.1) is 0 Å². The number of carbonyl (C=O) groups is 1. The van der Waals surface area contributed by atoms with E-state index in [0.29, 0.717) is 22.4 Å². The molecular weight excluding hydrogens is 426 g/mol. The van der Waals surface area contributed by atoms with E-state index < -0.39 is 21.8 Å². The van der Waals surface area contributed by atoms with Gasteiger partial charge in [0, 0.05) is 23.7 Å². The average Bonchev–Trinajstić information content (AvgIpc) is 3.04. The van der Waals surface area contributed by atoms with Crippen LogP contribution in [0.3, 0.4) is 0 Å². The van der Waals surface area contributed by atoms with Crippen molar-refractivity contribution in [1.29, 1.82) is 0 Å². The van der Waals surface area contributed by atoms with Gasteiger partial charge in [0.15, 0.2) is 21.0 Å². The molecule has 0 aliphatic carbocycles. The van der Waals surface area contributed by atoms with E-state index >= 15 is 0 Å². The molecule has 1 amide bonds. The molecule has 6 nitrogen and oxygen atoms in total. The number of rotatable bonds is 4. The predicted molar refractivity (Wildman–Crippen MR) is 116 cm³/mol. The Morgan fingerprint density at radius 3 is 2.70 bits per heavy atom. The van der Waals surface area contributed by atoms with Gasteiger partial charge in [0.25, 0.3) is 5.91 Å². The molecule has 1 aliphatic rings. The van der Waals surface area contributed by atoms with Crippen LogP contribution in [-0.2, 0) is 16.4 Å². The van der Waals surface area contributed by atoms with Crippen molar-refractivity contribution in [3.8, 4) is 0 Å². The lowest BCUT2D eigenvalue weighted by Gasteiger charge is -2.28. The van der Waals surface area contributed by atoms with Crippen LogP contribution in [0.15, 0.2) is 57.7 Å². The van der Waals surface area contributed by atoms with E-state index in [-0.39, 0.29) is 29.2 Å². The maximum atomic E-state index is 13.4. The van der Waals surface area contributed by atoms with Gasteiger partial charge in [-0.2, -0.15) is 0 Å². The van der Waals surface area contributed by atoms with Crippen molar-refractivity contribution in [1.82, 2.24) is 4.90 Å². The van der Waals surface area contributed by atoms with Crippen molar-refractivity contribution in [3.05, 3.63) is 80.7 Å². The van der Waals surface area contributed by atoms with Crippen LogP contribution < -0.4 is 5.43 Å². The highest BCUT2D eigenvalue weighted by Gasteiger charge is 2.36. The Bertz CT molecular complexity index is 1300. The number of sulfone groups is 1. The molecule has 0 saturated carbocycles. The molecule has 2 aromatic carbocycles. The van der Waals surface area contributed by atoms with Crippen LogP contribution in [0.4, 0.5) is 0 Å². The Labute approximate surface area is 179 Å². The number of carbonyl (C=O) groups excluding carboxylic acids is 1. The van der Waals surface area contributed by atoms with Crippen LogP contribution >= 0.6 is 11.6 Å². The molecule has 0 bridgehead atoms. The maximum absolute atomic E-state index is 13.4. The molecule has 156 valence electrons. The first-order valence-electron chi connectivity index (χ1n) is 9.52. The molecular formula is C22H20ClNO5S. The lowest BCUT2D eigenvalue weighted by molar-refractivity contribution is 0.0648. The van der Waals surface area contributed by atoms with E-state index in [2.05, 4.69) is 0 Å². The van der Waals surface area contributed by atoms with Crippen LogP contribution in [0.5, 0.6) is 0 Å². The molecule has 3 aromatic rings. The Balaban J connectivity index is 1.75. The zero-order chi connectivity index (χ0) is 21.5. The van der Waals surface area contributed by atoms with E-state index in [1.807, 2.05) is 13.0 Å². The fraction of sp³-hybridized carbons (Fsp3) is 0.273. The zero-order valence-electron chi connectivity index (χ0n) is 16.3. The third-order valence-corrected chi connectivity index (χ3v) is 7.23. The smallest absolute Gasteiger partial charge is 0.290 e. The Morgan fingerprint density at radius 2 is 2.00 bits per heavy atom. The molecule has 1 fully saturated rings. The van der Waals surface area contributed by atoms with E-state index in [1.165, 1.54) is 11.0 Å². The minimum absolute atomic E-state index is 0.0257. The van der Waals surface area contributed by atoms with E-state index in [4.69, 9.17) is 16.0 Å². The lowest BCUT2D eigenvalue weighted by atomic mass is 10.1. The number of hydrogen-bond acceptors (Lipinski definition) is 5. The molecule has 0 unspecified atom stereocenters. The highest BCUT2D eigenvalue weighted by molar-refractivity contribution is 7.91. The first-order chi connectivity index (χ1) is 14.2. The second-order valence-corrected chi connectivity index (χ2v) is 10.3. The standard InChI is InChI=1S/C22H20ClNO5S/c1-14-5-6-18-19(25)11-21(29-20(18)9-14)22(26)24(17-7-8-30(27,28)13-17)12-15-3-2-4-16(23)10-15/h2-6,9-11,17H,7-8,12-13H2,1H3/t17-/m1/s1. The van der Waals surface area contributed by atoms with Gasteiger partial charge >= 0.3 is 0 Å². The highest BCUT2D eigenvalue weighted by atomic mass is 35.5. The summed E-state index contributed by atoms with van der Waals surface area (Å²) in [6, 6.07) is 12.9. The van der Waals surface area contributed by atoms with Gasteiger partial charge in [-0.25, -0.2) is 8.42 Å². The highest BCUT2D eigenvalue weighted by Crippen LogP contribution is 2.24. The molecule has 0 N–H and O–H groups in total. The van der Waals surface area contributed by atoms with Crippen molar-refractivity contribution in [2.24, 2.45) is 0 Å². The van der Waals surface area contributed by atoms with Gasteiger partial charge in [-0.3, -0.25) is 9.59 Å². The fourth-order valence-corrected chi connectivity index (χ4v) is 5.67. The number of amides is 1. The molecule has 4 rings (SSSR count). The molecule has 2 heterocycles. The number of nitrogens with zero attached hydrogens (tertiary/aromatic N) is 1. The molecule has 1 aliphatic heterocycles. The molecule has 1 atom stereocenters. The van der Waals surface area contributed by atoms with Gasteiger partial charge in [0.1, 0.15) is 5.58 Å². The van der Waals surface area contributed by atoms with Gasteiger partial charge < -0.3 is 9.32 Å². The van der Waals surface area contributed by atoms with Gasteiger partial charge in [0.05, 0.1) is 16.9 Å². The van der Waals surface area contributed by atoms with Crippen molar-refractivity contribution in [2.75, 3.05) is 11.5 Å². The Hall–Kier alpha value is -2.64. The summed E-state index contributed by atoms with van der Waals surface area (Å²) in [5, 5.41) is 0.911. The van der Waals surface area contributed by atoms with Crippen LogP contribution in [0.2, 0.25) is 5.02 Å². The summed E-state index contributed by atoms with van der Waals surface area (Å²) in [4.78, 5) is 27.4. The van der Waals surface area contributed by atoms with Crippen molar-refractivity contribution in [3.63, 3.8) is 0 Å².